The molecule has 0 spiro atoms. The summed E-state index contributed by atoms with van der Waals surface area (Å²) in [6.07, 6.45) is 2.76. The minimum Gasteiger partial charge on any atom is -0.506 e. The van der Waals surface area contributed by atoms with Gasteiger partial charge in [0.25, 0.3) is 0 Å². The average Bonchev–Trinajstić information content (AvgIpc) is 2.63. The summed E-state index contributed by atoms with van der Waals surface area (Å²) in [5.41, 5.74) is 0.643. The monoisotopic (exact) mass is 353 g/mol. The van der Waals surface area contributed by atoms with Crippen LogP contribution >= 0.6 is 15.9 Å². The van der Waals surface area contributed by atoms with Gasteiger partial charge in [0.2, 0.25) is 0 Å². The lowest BCUT2D eigenvalue weighted by Gasteiger charge is -2.46. The van der Waals surface area contributed by atoms with E-state index < -0.39 is 5.60 Å². The maximum atomic E-state index is 11.7. The standard InChI is InChI=1S/C17H24BrNO2/c1-16(2)10-11-4-5-13(18)15(20)14(11)17(16,21)12-6-8-19(3)9-7-12/h4-5,12,20-21H,6-10H2,1-3H3. The van der Waals surface area contributed by atoms with Crippen LogP contribution < -0.4 is 0 Å². The molecule has 1 atom stereocenters. The number of piperidine rings is 1. The molecule has 4 heteroatoms. The number of halogens is 1. The summed E-state index contributed by atoms with van der Waals surface area (Å²) in [4.78, 5) is 2.31. The molecule has 1 fully saturated rings. The van der Waals surface area contributed by atoms with Gasteiger partial charge in [0.1, 0.15) is 11.4 Å². The lowest BCUT2D eigenvalue weighted by Crippen LogP contribution is -2.49. The third-order valence-corrected chi connectivity index (χ3v) is 6.21. The van der Waals surface area contributed by atoms with E-state index in [0.29, 0.717) is 4.47 Å². The molecule has 1 aliphatic carbocycles. The number of aliphatic hydroxyl groups is 1. The number of likely N-dealkylation sites (tertiary alicyclic amines) is 1. The second kappa shape index (κ2) is 4.97. The Morgan fingerprint density at radius 3 is 2.48 bits per heavy atom. The number of phenols is 1. The normalized spacial score (nSPS) is 29.6. The molecule has 1 aliphatic heterocycles. The second-order valence-corrected chi connectivity index (χ2v) is 8.19. The first-order valence-corrected chi connectivity index (χ1v) is 8.48. The van der Waals surface area contributed by atoms with Crippen LogP contribution in [0.1, 0.15) is 37.8 Å². The van der Waals surface area contributed by atoms with Crippen LogP contribution in [0, 0.1) is 11.3 Å². The van der Waals surface area contributed by atoms with Crippen LogP contribution in [-0.2, 0) is 12.0 Å². The fraction of sp³-hybridized carbons (Fsp3) is 0.647. The van der Waals surface area contributed by atoms with Gasteiger partial charge in [-0.1, -0.05) is 19.9 Å². The van der Waals surface area contributed by atoms with Crippen LogP contribution in [0.5, 0.6) is 5.75 Å². The smallest absolute Gasteiger partial charge is 0.136 e. The summed E-state index contributed by atoms with van der Waals surface area (Å²) < 4.78 is 0.672. The molecule has 2 N–H and O–H groups in total. The summed E-state index contributed by atoms with van der Waals surface area (Å²) in [5.74, 6) is 0.421. The van der Waals surface area contributed by atoms with Crippen molar-refractivity contribution in [3.8, 4) is 5.75 Å². The van der Waals surface area contributed by atoms with Crippen LogP contribution in [0.4, 0.5) is 0 Å². The highest BCUT2D eigenvalue weighted by molar-refractivity contribution is 9.10. The maximum Gasteiger partial charge on any atom is 0.136 e. The van der Waals surface area contributed by atoms with Gasteiger partial charge in [-0.3, -0.25) is 0 Å². The van der Waals surface area contributed by atoms with Crippen molar-refractivity contribution in [2.24, 2.45) is 11.3 Å². The number of hydrogen-bond acceptors (Lipinski definition) is 3. The Balaban J connectivity index is 2.10. The molecule has 1 aromatic rings. The zero-order chi connectivity index (χ0) is 15.4. The molecule has 21 heavy (non-hydrogen) atoms. The largest absolute Gasteiger partial charge is 0.506 e. The van der Waals surface area contributed by atoms with Gasteiger partial charge in [-0.25, -0.2) is 0 Å². The summed E-state index contributed by atoms with van der Waals surface area (Å²) >= 11 is 3.40. The number of hydrogen-bond donors (Lipinski definition) is 2. The fourth-order valence-corrected chi connectivity index (χ4v) is 4.64. The Labute approximate surface area is 135 Å². The van der Waals surface area contributed by atoms with Crippen LogP contribution in [0.2, 0.25) is 0 Å². The number of rotatable bonds is 1. The predicted molar refractivity (Wildman–Crippen MR) is 87.4 cm³/mol. The molecule has 0 radical (unpaired) electrons. The lowest BCUT2D eigenvalue weighted by atomic mass is 9.65. The molecule has 3 nitrogen and oxygen atoms in total. The van der Waals surface area contributed by atoms with Crippen molar-refractivity contribution in [1.29, 1.82) is 0 Å². The third kappa shape index (κ3) is 2.14. The molecule has 0 saturated carbocycles. The second-order valence-electron chi connectivity index (χ2n) is 7.33. The van der Waals surface area contributed by atoms with E-state index >= 15 is 0 Å². The van der Waals surface area contributed by atoms with Gasteiger partial charge in [0.15, 0.2) is 0 Å². The van der Waals surface area contributed by atoms with Crippen molar-refractivity contribution in [2.75, 3.05) is 20.1 Å². The average molecular weight is 354 g/mol. The van der Waals surface area contributed by atoms with Gasteiger partial charge in [-0.2, -0.15) is 0 Å². The zero-order valence-electron chi connectivity index (χ0n) is 13.0. The van der Waals surface area contributed by atoms with Gasteiger partial charge in [0.05, 0.1) is 4.47 Å². The third-order valence-electron chi connectivity index (χ3n) is 5.57. The van der Waals surface area contributed by atoms with E-state index in [1.807, 2.05) is 12.1 Å². The van der Waals surface area contributed by atoms with Crippen molar-refractivity contribution in [3.63, 3.8) is 0 Å². The number of aromatic hydroxyl groups is 1. The Kier molecular flexibility index (Phi) is 3.62. The van der Waals surface area contributed by atoms with E-state index in [2.05, 4.69) is 41.7 Å². The van der Waals surface area contributed by atoms with Crippen molar-refractivity contribution < 1.29 is 10.2 Å². The Morgan fingerprint density at radius 2 is 1.86 bits per heavy atom. The van der Waals surface area contributed by atoms with Crippen molar-refractivity contribution in [2.45, 2.75) is 38.7 Å². The molecule has 1 saturated heterocycles. The first-order valence-electron chi connectivity index (χ1n) is 7.69. The van der Waals surface area contributed by atoms with E-state index in [4.69, 9.17) is 0 Å². The minimum absolute atomic E-state index is 0.199. The highest BCUT2D eigenvalue weighted by atomic mass is 79.9. The van der Waals surface area contributed by atoms with Crippen molar-refractivity contribution in [1.82, 2.24) is 4.90 Å². The predicted octanol–water partition coefficient (Wildman–Crippen LogP) is 3.27. The molecule has 116 valence electrons. The highest BCUT2D eigenvalue weighted by Gasteiger charge is 2.57. The first-order chi connectivity index (χ1) is 9.77. The SMILES string of the molecule is CN1CCC(C2(O)c3c(ccc(Br)c3O)CC2(C)C)CC1. The van der Waals surface area contributed by atoms with E-state index in [-0.39, 0.29) is 17.1 Å². The molecular formula is C17H24BrNO2. The van der Waals surface area contributed by atoms with Crippen LogP contribution in [0.15, 0.2) is 16.6 Å². The number of fused-ring (bicyclic) bond motifs is 1. The topological polar surface area (TPSA) is 43.7 Å². The van der Waals surface area contributed by atoms with Gasteiger partial charge in [-0.05, 0) is 72.9 Å². The minimum atomic E-state index is -0.947. The first kappa shape index (κ1) is 15.3. The molecule has 0 amide bonds. The van der Waals surface area contributed by atoms with E-state index in [9.17, 15) is 10.2 Å². The summed E-state index contributed by atoms with van der Waals surface area (Å²) in [7, 11) is 2.13. The molecule has 3 rings (SSSR count). The van der Waals surface area contributed by atoms with Crippen molar-refractivity contribution in [3.05, 3.63) is 27.7 Å². The molecular weight excluding hydrogens is 330 g/mol. The Morgan fingerprint density at radius 1 is 1.24 bits per heavy atom. The Hall–Kier alpha value is -0.580. The Bertz CT molecular complexity index is 564. The summed E-state index contributed by atoms with van der Waals surface area (Å²) in [5, 5.41) is 22.2. The molecule has 2 aliphatic rings. The quantitative estimate of drug-likeness (QED) is 0.814. The molecule has 0 bridgehead atoms. The van der Waals surface area contributed by atoms with E-state index in [1.165, 1.54) is 0 Å². The van der Waals surface area contributed by atoms with E-state index in [1.54, 1.807) is 0 Å². The molecule has 1 unspecified atom stereocenters. The summed E-state index contributed by atoms with van der Waals surface area (Å²) in [6.45, 7) is 6.26. The molecule has 1 aromatic carbocycles. The number of nitrogens with zero attached hydrogens (tertiary/aromatic N) is 1. The van der Waals surface area contributed by atoms with Crippen LogP contribution in [0.3, 0.4) is 0 Å². The highest BCUT2D eigenvalue weighted by Crippen LogP contribution is 2.59. The summed E-state index contributed by atoms with van der Waals surface area (Å²) in [6, 6.07) is 3.92. The van der Waals surface area contributed by atoms with Gasteiger partial charge < -0.3 is 15.1 Å². The maximum absolute atomic E-state index is 11.7. The molecule has 1 heterocycles. The van der Waals surface area contributed by atoms with Gasteiger partial charge in [0, 0.05) is 11.0 Å². The van der Waals surface area contributed by atoms with Crippen molar-refractivity contribution >= 4 is 15.9 Å². The zero-order valence-corrected chi connectivity index (χ0v) is 14.6. The fourth-order valence-electron chi connectivity index (χ4n) is 4.31. The van der Waals surface area contributed by atoms with Gasteiger partial charge in [-0.15, -0.1) is 0 Å². The lowest BCUT2D eigenvalue weighted by molar-refractivity contribution is -0.122. The molecule has 0 aromatic heterocycles. The van der Waals surface area contributed by atoms with Crippen LogP contribution in [-0.4, -0.2) is 35.3 Å². The number of phenolic OH excluding ortho intramolecular Hbond substituents is 1. The van der Waals surface area contributed by atoms with Crippen LogP contribution in [0.25, 0.3) is 0 Å². The van der Waals surface area contributed by atoms with E-state index in [0.717, 1.165) is 43.5 Å². The van der Waals surface area contributed by atoms with Gasteiger partial charge >= 0.3 is 0 Å². The number of benzene rings is 1.